The van der Waals surface area contributed by atoms with E-state index in [0.29, 0.717) is 41.3 Å². The Labute approximate surface area is 221 Å². The van der Waals surface area contributed by atoms with Gasteiger partial charge < -0.3 is 10.4 Å². The summed E-state index contributed by atoms with van der Waals surface area (Å²) in [4.78, 5) is 28.8. The number of halogens is 2. The monoisotopic (exact) mass is 552 g/mol. The van der Waals surface area contributed by atoms with Crippen LogP contribution in [0.2, 0.25) is 10.0 Å². The zero-order valence-corrected chi connectivity index (χ0v) is 22.5. The van der Waals surface area contributed by atoms with Gasteiger partial charge in [-0.1, -0.05) is 49.2 Å². The van der Waals surface area contributed by atoms with Crippen LogP contribution >= 0.6 is 23.2 Å². The Balaban J connectivity index is 1.70. The zero-order valence-electron chi connectivity index (χ0n) is 20.2. The van der Waals surface area contributed by atoms with Gasteiger partial charge in [0.2, 0.25) is 5.91 Å². The molecule has 2 heterocycles. The van der Waals surface area contributed by atoms with Crippen molar-refractivity contribution >= 4 is 44.9 Å². The number of hydrogen-bond donors (Lipinski definition) is 2. The molecule has 0 spiro atoms. The fourth-order valence-corrected chi connectivity index (χ4v) is 8.02. The molecule has 1 amide bonds. The first-order valence-electron chi connectivity index (χ1n) is 12.0. The second-order valence-electron chi connectivity index (χ2n) is 10.4. The molecule has 4 rings (SSSR count). The van der Waals surface area contributed by atoms with E-state index in [1.54, 1.807) is 31.3 Å². The lowest BCUT2D eigenvalue weighted by Gasteiger charge is -2.45. The lowest BCUT2D eigenvalue weighted by molar-refractivity contribution is -0.149. The van der Waals surface area contributed by atoms with Gasteiger partial charge in [-0.15, -0.1) is 0 Å². The molecule has 2 fully saturated rings. The Morgan fingerprint density at radius 2 is 1.86 bits per heavy atom. The maximum Gasteiger partial charge on any atom is 0.304 e. The molecule has 1 aliphatic carbocycles. The second-order valence-corrected chi connectivity index (χ2v) is 13.7. The van der Waals surface area contributed by atoms with Crippen LogP contribution in [0.1, 0.15) is 68.4 Å². The number of carboxylic acid groups (broad SMARTS) is 1. The first kappa shape index (κ1) is 26.9. The summed E-state index contributed by atoms with van der Waals surface area (Å²) in [6.45, 7) is 3.63. The molecule has 0 radical (unpaired) electrons. The van der Waals surface area contributed by atoms with Gasteiger partial charge in [-0.05, 0) is 66.8 Å². The van der Waals surface area contributed by atoms with Gasteiger partial charge in [-0.3, -0.25) is 14.6 Å². The van der Waals surface area contributed by atoms with Crippen molar-refractivity contribution < 1.29 is 23.1 Å². The first-order chi connectivity index (χ1) is 16.9. The summed E-state index contributed by atoms with van der Waals surface area (Å²) in [6, 6.07) is 8.41. The molecule has 2 N–H and O–H groups in total. The van der Waals surface area contributed by atoms with E-state index in [2.05, 4.69) is 10.3 Å². The first-order valence-corrected chi connectivity index (χ1v) is 14.4. The molecule has 1 aromatic carbocycles. The fourth-order valence-electron chi connectivity index (χ4n) is 5.38. The molecule has 5 atom stereocenters. The molecule has 2 aromatic rings. The van der Waals surface area contributed by atoms with E-state index >= 15 is 0 Å². The van der Waals surface area contributed by atoms with Gasteiger partial charge in [0.1, 0.15) is 0 Å². The number of aliphatic carboxylic acids is 1. The number of amides is 1. The van der Waals surface area contributed by atoms with Crippen molar-refractivity contribution in [2.75, 3.05) is 0 Å². The number of nitrogens with one attached hydrogen (secondary N) is 1. The zero-order chi connectivity index (χ0) is 26.3. The maximum atomic E-state index is 13.5. The average Bonchev–Trinajstić information content (AvgIpc) is 3.65. The van der Waals surface area contributed by atoms with Gasteiger partial charge in [0.25, 0.3) is 0 Å². The molecule has 1 aromatic heterocycles. The highest BCUT2D eigenvalue weighted by Gasteiger charge is 2.49. The van der Waals surface area contributed by atoms with Crippen molar-refractivity contribution in [2.45, 2.75) is 62.5 Å². The minimum Gasteiger partial charge on any atom is -0.481 e. The third-order valence-corrected chi connectivity index (χ3v) is 10.6. The number of sulfone groups is 1. The highest BCUT2D eigenvalue weighted by Crippen LogP contribution is 2.48. The van der Waals surface area contributed by atoms with E-state index in [-0.39, 0.29) is 29.4 Å². The van der Waals surface area contributed by atoms with Crippen molar-refractivity contribution in [2.24, 2.45) is 17.3 Å². The molecule has 1 aliphatic heterocycles. The van der Waals surface area contributed by atoms with Crippen molar-refractivity contribution in [1.29, 1.82) is 0 Å². The van der Waals surface area contributed by atoms with Gasteiger partial charge >= 0.3 is 5.97 Å². The molecule has 5 unspecified atom stereocenters. The van der Waals surface area contributed by atoms with Crippen molar-refractivity contribution in [1.82, 2.24) is 10.3 Å². The Bertz CT molecular complexity index is 1250. The Kier molecular flexibility index (Phi) is 7.70. The molecule has 36 heavy (non-hydrogen) atoms. The minimum absolute atomic E-state index is 0.183. The molecule has 0 bridgehead atoms. The van der Waals surface area contributed by atoms with Crippen LogP contribution in [0.25, 0.3) is 0 Å². The summed E-state index contributed by atoms with van der Waals surface area (Å²) >= 11 is 12.2. The molecule has 194 valence electrons. The van der Waals surface area contributed by atoms with Crippen LogP contribution in [0.3, 0.4) is 0 Å². The number of carbonyl (C=O) groups is 2. The number of carboxylic acids is 1. The maximum absolute atomic E-state index is 13.5. The highest BCUT2D eigenvalue weighted by atomic mass is 35.5. The molecule has 2 aliphatic rings. The number of benzene rings is 1. The third kappa shape index (κ3) is 5.71. The number of aromatic nitrogens is 1. The lowest BCUT2D eigenvalue weighted by atomic mass is 9.66. The standard InChI is InChI=1S/C26H30Cl2N2O5S/c1-15(9-22(36(34,35)20-7-8-20)17-10-19(28)14-29-13-17)21-11-26(2,12-23(31)32)25(33)30-24(21)16-3-5-18(27)6-4-16/h3-6,10,13-15,20-22,24H,7-9,11-12H2,1-2H3,(H,30,33)(H,31,32). The Morgan fingerprint density at radius 1 is 1.19 bits per heavy atom. The predicted molar refractivity (Wildman–Crippen MR) is 139 cm³/mol. The Hall–Kier alpha value is -2.16. The topological polar surface area (TPSA) is 113 Å². The van der Waals surface area contributed by atoms with Gasteiger partial charge in [-0.2, -0.15) is 0 Å². The van der Waals surface area contributed by atoms with Crippen LogP contribution < -0.4 is 5.32 Å². The van der Waals surface area contributed by atoms with Gasteiger partial charge in [0.15, 0.2) is 9.84 Å². The number of piperidine rings is 1. The molecular formula is C26H30Cl2N2O5S. The van der Waals surface area contributed by atoms with E-state index in [0.717, 1.165) is 5.56 Å². The largest absolute Gasteiger partial charge is 0.481 e. The van der Waals surface area contributed by atoms with Gasteiger partial charge in [0, 0.05) is 17.4 Å². The molecule has 7 nitrogen and oxygen atoms in total. The van der Waals surface area contributed by atoms with Crippen LogP contribution in [0, 0.1) is 17.3 Å². The number of carbonyl (C=O) groups excluding carboxylic acids is 1. The lowest BCUT2D eigenvalue weighted by Crippen LogP contribution is -2.52. The summed E-state index contributed by atoms with van der Waals surface area (Å²) in [5, 5.41) is 12.3. The van der Waals surface area contributed by atoms with Crippen molar-refractivity contribution in [3.63, 3.8) is 0 Å². The third-order valence-electron chi connectivity index (χ3n) is 7.52. The van der Waals surface area contributed by atoms with Crippen molar-refractivity contribution in [3.05, 3.63) is 63.9 Å². The highest BCUT2D eigenvalue weighted by molar-refractivity contribution is 7.92. The molecule has 1 saturated carbocycles. The number of hydrogen-bond acceptors (Lipinski definition) is 5. The summed E-state index contributed by atoms with van der Waals surface area (Å²) in [5.74, 6) is -1.77. The normalized spacial score (nSPS) is 26.2. The molecule has 10 heteroatoms. The summed E-state index contributed by atoms with van der Waals surface area (Å²) in [6.07, 6.45) is 4.61. The van der Waals surface area contributed by atoms with E-state index in [1.807, 2.05) is 19.1 Å². The fraction of sp³-hybridized carbons (Fsp3) is 0.500. The summed E-state index contributed by atoms with van der Waals surface area (Å²) in [5.41, 5.74) is 0.279. The van der Waals surface area contributed by atoms with Gasteiger partial charge in [0.05, 0.1) is 33.4 Å². The summed E-state index contributed by atoms with van der Waals surface area (Å²) in [7, 11) is -3.48. The van der Waals surface area contributed by atoms with Gasteiger partial charge in [-0.25, -0.2) is 8.42 Å². The number of nitrogens with zero attached hydrogens (tertiary/aromatic N) is 1. The minimum atomic E-state index is -3.48. The summed E-state index contributed by atoms with van der Waals surface area (Å²) < 4.78 is 27.0. The average molecular weight is 554 g/mol. The van der Waals surface area contributed by atoms with Crippen LogP contribution in [-0.2, 0) is 19.4 Å². The van der Waals surface area contributed by atoms with E-state index in [1.165, 1.54) is 6.20 Å². The molecular weight excluding hydrogens is 523 g/mol. The number of rotatable bonds is 9. The van der Waals surface area contributed by atoms with E-state index in [9.17, 15) is 23.1 Å². The van der Waals surface area contributed by atoms with Crippen LogP contribution in [0.15, 0.2) is 42.7 Å². The second kappa shape index (κ2) is 10.3. The van der Waals surface area contributed by atoms with Crippen LogP contribution in [-0.4, -0.2) is 35.6 Å². The smallest absolute Gasteiger partial charge is 0.304 e. The quantitative estimate of drug-likeness (QED) is 0.431. The Morgan fingerprint density at radius 3 is 2.44 bits per heavy atom. The predicted octanol–water partition coefficient (Wildman–Crippen LogP) is 5.39. The van der Waals surface area contributed by atoms with E-state index in [4.69, 9.17) is 23.2 Å². The number of pyridine rings is 1. The van der Waals surface area contributed by atoms with E-state index < -0.39 is 32.5 Å². The SMILES string of the molecule is CC(CC(c1cncc(Cl)c1)S(=O)(=O)C1CC1)C1CC(C)(CC(=O)O)C(=O)NC1c1ccc(Cl)cc1. The molecule has 1 saturated heterocycles. The van der Waals surface area contributed by atoms with Crippen molar-refractivity contribution in [3.8, 4) is 0 Å². The van der Waals surface area contributed by atoms with Crippen LogP contribution in [0.5, 0.6) is 0 Å². The van der Waals surface area contributed by atoms with Crippen LogP contribution in [0.4, 0.5) is 0 Å².